The maximum atomic E-state index is 14.9. The second kappa shape index (κ2) is 16.6. The number of carbonyl (C=O) groups is 3. The highest BCUT2D eigenvalue weighted by Crippen LogP contribution is 2.28. The number of nitrogens with zero attached hydrogens (tertiary/aromatic N) is 4. The molecule has 2 amide bonds. The molecule has 3 aliphatic heterocycles. The SMILES string of the molecule is C/C(=C\c1cc(F)cc(N2CCN(C(=O)[C@@H](C)O)CC2)c1)[C@H]1OC(=O)C[C@H](O)CC[C@H](C)[C@@H](OC(=O)N2CCN(C)CC2)/C=C\[C@@H]1C. The smallest absolute Gasteiger partial charge is 0.410 e. The molecule has 12 heteroatoms. The van der Waals surface area contributed by atoms with Gasteiger partial charge in [-0.1, -0.05) is 26.0 Å². The number of amides is 2. The van der Waals surface area contributed by atoms with Crippen LogP contribution in [0.5, 0.6) is 0 Å². The van der Waals surface area contributed by atoms with Gasteiger partial charge >= 0.3 is 12.1 Å². The third-order valence-electron chi connectivity index (χ3n) is 9.32. The largest absolute Gasteiger partial charge is 0.457 e. The van der Waals surface area contributed by atoms with Gasteiger partial charge in [-0.25, -0.2) is 9.18 Å². The van der Waals surface area contributed by atoms with E-state index in [0.717, 1.165) is 13.1 Å². The summed E-state index contributed by atoms with van der Waals surface area (Å²) in [4.78, 5) is 45.6. The lowest BCUT2D eigenvalue weighted by Gasteiger charge is -2.36. The Bertz CT molecular complexity index is 1300. The summed E-state index contributed by atoms with van der Waals surface area (Å²) in [5.74, 6) is -1.68. The molecular weight excluding hydrogens is 607 g/mol. The Hall–Kier alpha value is -3.48. The third-order valence-corrected chi connectivity index (χ3v) is 9.32. The quantitative estimate of drug-likeness (QED) is 0.363. The van der Waals surface area contributed by atoms with Gasteiger partial charge in [0.15, 0.2) is 0 Å². The van der Waals surface area contributed by atoms with Crippen LogP contribution in [0.15, 0.2) is 35.9 Å². The van der Waals surface area contributed by atoms with E-state index in [2.05, 4.69) is 4.90 Å². The van der Waals surface area contributed by atoms with Crippen molar-refractivity contribution >= 4 is 29.7 Å². The van der Waals surface area contributed by atoms with Crippen LogP contribution >= 0.6 is 0 Å². The van der Waals surface area contributed by atoms with Crippen molar-refractivity contribution in [2.75, 3.05) is 64.3 Å². The average molecular weight is 659 g/mol. The van der Waals surface area contributed by atoms with Crippen LogP contribution in [0.4, 0.5) is 14.9 Å². The van der Waals surface area contributed by atoms with Gasteiger partial charge in [0.1, 0.15) is 24.1 Å². The Balaban J connectivity index is 1.53. The van der Waals surface area contributed by atoms with Crippen molar-refractivity contribution in [1.29, 1.82) is 0 Å². The molecule has 0 aliphatic carbocycles. The number of cyclic esters (lactones) is 1. The zero-order valence-corrected chi connectivity index (χ0v) is 28.3. The summed E-state index contributed by atoms with van der Waals surface area (Å²) in [6.07, 6.45) is 2.73. The fourth-order valence-corrected chi connectivity index (χ4v) is 6.29. The lowest BCUT2D eigenvalue weighted by atomic mass is 9.91. The lowest BCUT2D eigenvalue weighted by molar-refractivity contribution is -0.151. The van der Waals surface area contributed by atoms with E-state index in [0.29, 0.717) is 68.9 Å². The van der Waals surface area contributed by atoms with Crippen LogP contribution in [0.1, 0.15) is 52.5 Å². The molecule has 6 atom stereocenters. The van der Waals surface area contributed by atoms with Crippen molar-refractivity contribution < 1.29 is 38.5 Å². The Kier molecular flexibility index (Phi) is 12.8. The lowest BCUT2D eigenvalue weighted by Crippen LogP contribution is -2.51. The number of esters is 1. The van der Waals surface area contributed by atoms with Crippen molar-refractivity contribution in [3.8, 4) is 0 Å². The molecule has 1 aromatic carbocycles. The average Bonchev–Trinajstić information content (AvgIpc) is 3.03. The number of likely N-dealkylation sites (N-methyl/N-ethyl adjacent to an activating group) is 1. The van der Waals surface area contributed by atoms with Gasteiger partial charge in [0.2, 0.25) is 0 Å². The monoisotopic (exact) mass is 658 g/mol. The number of rotatable bonds is 5. The molecule has 3 heterocycles. The second-order valence-electron chi connectivity index (χ2n) is 13.3. The molecule has 4 rings (SSSR count). The molecule has 0 saturated carbocycles. The van der Waals surface area contributed by atoms with Gasteiger partial charge in [0, 0.05) is 64.0 Å². The number of carbonyl (C=O) groups excluding carboxylic acids is 3. The Morgan fingerprint density at radius 3 is 2.32 bits per heavy atom. The number of anilines is 1. The van der Waals surface area contributed by atoms with E-state index in [1.165, 1.54) is 19.1 Å². The first-order chi connectivity index (χ1) is 22.3. The fraction of sp³-hybridized carbons (Fsp3) is 0.629. The minimum Gasteiger partial charge on any atom is -0.457 e. The van der Waals surface area contributed by atoms with Gasteiger partial charge in [-0.3, -0.25) is 9.59 Å². The number of hydrogen-bond donors (Lipinski definition) is 2. The normalized spacial score (nSPS) is 28.5. The summed E-state index contributed by atoms with van der Waals surface area (Å²) in [5.41, 5.74) is 1.94. The minimum atomic E-state index is -1.06. The summed E-state index contributed by atoms with van der Waals surface area (Å²) in [5, 5.41) is 20.3. The molecule has 0 bridgehead atoms. The standard InChI is InChI=1S/C35H51FN4O7/c1-23-6-8-30(42)22-32(43)47-33(24(2)7-9-31(23)46-35(45)40-12-10-37(5)11-13-40)25(3)18-27-19-28(36)21-29(20-27)38-14-16-39(17-15-38)34(44)26(4)41/h7,9,18-21,23-24,26,30-31,33,41-42H,6,8,10-17,22H2,1-5H3/b9-7-,25-18+/t23-,24-,26+,30+,31-,33-/m0/s1. The van der Waals surface area contributed by atoms with Crippen LogP contribution in [-0.2, 0) is 19.1 Å². The van der Waals surface area contributed by atoms with Crippen molar-refractivity contribution in [3.05, 3.63) is 47.3 Å². The first kappa shape index (κ1) is 36.4. The van der Waals surface area contributed by atoms with Crippen molar-refractivity contribution in [1.82, 2.24) is 14.7 Å². The maximum Gasteiger partial charge on any atom is 0.410 e. The van der Waals surface area contributed by atoms with Gasteiger partial charge in [-0.05, 0) is 75.1 Å². The first-order valence-corrected chi connectivity index (χ1v) is 16.7. The summed E-state index contributed by atoms with van der Waals surface area (Å²) in [6.45, 7) is 11.7. The minimum absolute atomic E-state index is 0.0900. The van der Waals surface area contributed by atoms with Crippen molar-refractivity contribution in [2.45, 2.75) is 71.4 Å². The predicted molar refractivity (Wildman–Crippen MR) is 177 cm³/mol. The van der Waals surface area contributed by atoms with E-state index in [4.69, 9.17) is 9.47 Å². The summed E-state index contributed by atoms with van der Waals surface area (Å²) in [6, 6.07) is 4.72. The molecule has 3 aliphatic rings. The van der Waals surface area contributed by atoms with Crippen LogP contribution in [0.2, 0.25) is 0 Å². The molecule has 0 radical (unpaired) electrons. The molecule has 2 saturated heterocycles. The zero-order valence-electron chi connectivity index (χ0n) is 28.3. The zero-order chi connectivity index (χ0) is 34.2. The Morgan fingerprint density at radius 1 is 1.00 bits per heavy atom. The molecule has 1 aromatic rings. The van der Waals surface area contributed by atoms with Gasteiger partial charge in [-0.2, -0.15) is 0 Å². The third kappa shape index (κ3) is 10.3. The number of halogens is 1. The van der Waals surface area contributed by atoms with Crippen LogP contribution in [0.3, 0.4) is 0 Å². The number of benzene rings is 1. The van der Waals surface area contributed by atoms with Crippen LogP contribution in [0.25, 0.3) is 6.08 Å². The van der Waals surface area contributed by atoms with Gasteiger partial charge < -0.3 is 39.3 Å². The van der Waals surface area contributed by atoms with E-state index in [1.807, 2.05) is 50.9 Å². The fourth-order valence-electron chi connectivity index (χ4n) is 6.29. The number of hydrogen-bond acceptors (Lipinski definition) is 9. The molecular formula is C35H51FN4O7. The highest BCUT2D eigenvalue weighted by molar-refractivity contribution is 5.80. The van der Waals surface area contributed by atoms with Gasteiger partial charge in [-0.15, -0.1) is 0 Å². The molecule has 11 nitrogen and oxygen atoms in total. The van der Waals surface area contributed by atoms with E-state index < -0.39 is 36.2 Å². The highest BCUT2D eigenvalue weighted by atomic mass is 19.1. The predicted octanol–water partition coefficient (Wildman–Crippen LogP) is 3.30. The maximum absolute atomic E-state index is 14.9. The van der Waals surface area contributed by atoms with E-state index in [-0.39, 0.29) is 30.3 Å². The van der Waals surface area contributed by atoms with Crippen LogP contribution in [0, 0.1) is 17.7 Å². The van der Waals surface area contributed by atoms with Crippen molar-refractivity contribution in [3.63, 3.8) is 0 Å². The number of ether oxygens (including phenoxy) is 2. The van der Waals surface area contributed by atoms with E-state index >= 15 is 0 Å². The Labute approximate surface area is 277 Å². The van der Waals surface area contributed by atoms with Crippen LogP contribution in [-0.4, -0.2) is 127 Å². The summed E-state index contributed by atoms with van der Waals surface area (Å²) >= 11 is 0. The summed E-state index contributed by atoms with van der Waals surface area (Å²) in [7, 11) is 2.02. The molecule has 0 unspecified atom stereocenters. The molecule has 47 heavy (non-hydrogen) atoms. The van der Waals surface area contributed by atoms with Crippen LogP contribution < -0.4 is 4.90 Å². The molecule has 0 aromatic heterocycles. The number of aliphatic hydroxyl groups is 2. The molecule has 260 valence electrons. The van der Waals surface area contributed by atoms with Crippen molar-refractivity contribution in [2.24, 2.45) is 11.8 Å². The molecule has 2 fully saturated rings. The molecule has 2 N–H and O–H groups in total. The first-order valence-electron chi connectivity index (χ1n) is 16.7. The van der Waals surface area contributed by atoms with Gasteiger partial charge in [0.05, 0.1) is 12.5 Å². The molecule has 0 spiro atoms. The highest BCUT2D eigenvalue weighted by Gasteiger charge is 2.29. The number of piperazine rings is 2. The number of aliphatic hydroxyl groups excluding tert-OH is 2. The Morgan fingerprint density at radius 2 is 1.66 bits per heavy atom. The van der Waals surface area contributed by atoms with E-state index in [9.17, 15) is 29.0 Å². The van der Waals surface area contributed by atoms with E-state index in [1.54, 1.807) is 15.9 Å². The van der Waals surface area contributed by atoms with Gasteiger partial charge in [0.25, 0.3) is 5.91 Å². The summed E-state index contributed by atoms with van der Waals surface area (Å²) < 4.78 is 26.8. The second-order valence-corrected chi connectivity index (χ2v) is 13.3. The topological polar surface area (TPSA) is 123 Å².